The number of nitrogens with zero attached hydrogens (tertiary/aromatic N) is 1. The van der Waals surface area contributed by atoms with Crippen molar-refractivity contribution < 1.29 is 0 Å². The Morgan fingerprint density at radius 2 is 2.33 bits per heavy atom. The second kappa shape index (κ2) is 4.75. The third-order valence-corrected chi connectivity index (χ3v) is 2.62. The molecular weight excluding hydrogens is 213 g/mol. The summed E-state index contributed by atoms with van der Waals surface area (Å²) in [5, 5.41) is 2.17. The largest absolute Gasteiger partial charge is 0.248 e. The van der Waals surface area contributed by atoms with E-state index in [0.717, 1.165) is 5.03 Å². The number of hydrogen-bond donors (Lipinski definition) is 0. The molecule has 0 aromatic carbocycles. The third kappa shape index (κ3) is 3.48. The molecule has 0 aliphatic carbocycles. The van der Waals surface area contributed by atoms with Gasteiger partial charge < -0.3 is 0 Å². The van der Waals surface area contributed by atoms with Crippen LogP contribution in [0, 0.1) is 0 Å². The van der Waals surface area contributed by atoms with Crippen molar-refractivity contribution in [3.8, 4) is 0 Å². The fourth-order valence-corrected chi connectivity index (χ4v) is 1.47. The molecule has 1 aromatic heterocycles. The molecule has 0 N–H and O–H groups in total. The van der Waals surface area contributed by atoms with Gasteiger partial charge >= 0.3 is 0 Å². The van der Waals surface area contributed by atoms with Crippen molar-refractivity contribution >= 4 is 35.0 Å². The minimum Gasteiger partial charge on any atom is -0.248 e. The topological polar surface area (TPSA) is 12.9 Å². The van der Waals surface area contributed by atoms with Gasteiger partial charge in [-0.25, -0.2) is 4.98 Å². The highest BCUT2D eigenvalue weighted by atomic mass is 35.5. The lowest BCUT2D eigenvalue weighted by Gasteiger charge is -1.97. The molecule has 0 bridgehead atoms. The van der Waals surface area contributed by atoms with E-state index in [-0.39, 0.29) is 0 Å². The van der Waals surface area contributed by atoms with Crippen molar-refractivity contribution in [3.05, 3.63) is 35.0 Å². The molecule has 64 valence electrons. The maximum absolute atomic E-state index is 5.66. The molecule has 0 fully saturated rings. The lowest BCUT2D eigenvalue weighted by atomic mass is 10.5. The molecule has 0 atom stereocenters. The van der Waals surface area contributed by atoms with E-state index in [1.165, 1.54) is 11.8 Å². The Balaban J connectivity index is 2.53. The number of thioether (sulfide) groups is 1. The Hall–Kier alpha value is -0.180. The van der Waals surface area contributed by atoms with Crippen molar-refractivity contribution in [3.63, 3.8) is 0 Å². The molecule has 1 aromatic rings. The summed E-state index contributed by atoms with van der Waals surface area (Å²) in [6, 6.07) is 3.65. The van der Waals surface area contributed by atoms with Crippen LogP contribution in [0.4, 0.5) is 0 Å². The van der Waals surface area contributed by atoms with Gasteiger partial charge in [-0.05, 0) is 12.1 Å². The highest BCUT2D eigenvalue weighted by Gasteiger charge is 1.95. The van der Waals surface area contributed by atoms with E-state index < -0.39 is 0 Å². The van der Waals surface area contributed by atoms with Gasteiger partial charge in [-0.1, -0.05) is 29.8 Å². The highest BCUT2D eigenvalue weighted by molar-refractivity contribution is 7.99. The van der Waals surface area contributed by atoms with Crippen LogP contribution < -0.4 is 0 Å². The van der Waals surface area contributed by atoms with Crippen LogP contribution >= 0.6 is 35.0 Å². The molecule has 0 spiro atoms. The van der Waals surface area contributed by atoms with Crippen LogP contribution in [0.3, 0.4) is 0 Å². The van der Waals surface area contributed by atoms with Gasteiger partial charge in [0, 0.05) is 17.0 Å². The quantitative estimate of drug-likeness (QED) is 0.722. The molecule has 0 saturated heterocycles. The average molecular weight is 220 g/mol. The van der Waals surface area contributed by atoms with Crippen molar-refractivity contribution in [2.75, 3.05) is 5.75 Å². The average Bonchev–Trinajstić information content (AvgIpc) is 2.03. The van der Waals surface area contributed by atoms with Gasteiger partial charge in [0.15, 0.2) is 0 Å². The molecule has 1 rings (SSSR count). The van der Waals surface area contributed by atoms with Crippen LogP contribution in [-0.2, 0) is 0 Å². The van der Waals surface area contributed by atoms with Gasteiger partial charge in [-0.3, -0.25) is 0 Å². The van der Waals surface area contributed by atoms with Gasteiger partial charge in [0.05, 0.1) is 10.0 Å². The fourth-order valence-electron chi connectivity index (χ4n) is 0.600. The maximum Gasteiger partial charge on any atom is 0.0964 e. The summed E-state index contributed by atoms with van der Waals surface area (Å²) in [4.78, 5) is 4.08. The van der Waals surface area contributed by atoms with Gasteiger partial charge in [-0.15, -0.1) is 11.8 Å². The molecule has 4 heteroatoms. The molecule has 0 aliphatic heterocycles. The van der Waals surface area contributed by atoms with E-state index in [2.05, 4.69) is 11.6 Å². The predicted octanol–water partition coefficient (Wildman–Crippen LogP) is 3.58. The first-order chi connectivity index (χ1) is 5.68. The SMILES string of the molecule is C=C(Cl)CSc1ccc(Cl)cn1. The zero-order chi connectivity index (χ0) is 8.97. The Morgan fingerprint density at radius 1 is 1.58 bits per heavy atom. The van der Waals surface area contributed by atoms with Crippen molar-refractivity contribution in [1.29, 1.82) is 0 Å². The van der Waals surface area contributed by atoms with Gasteiger partial charge in [0.2, 0.25) is 0 Å². The summed E-state index contributed by atoms with van der Waals surface area (Å²) in [5.41, 5.74) is 0. The Labute approximate surface area is 85.8 Å². The van der Waals surface area contributed by atoms with E-state index >= 15 is 0 Å². The van der Waals surface area contributed by atoms with E-state index in [0.29, 0.717) is 15.8 Å². The Kier molecular flexibility index (Phi) is 3.92. The minimum atomic E-state index is 0.622. The van der Waals surface area contributed by atoms with E-state index in [1.807, 2.05) is 6.07 Å². The zero-order valence-electron chi connectivity index (χ0n) is 6.26. The summed E-state index contributed by atoms with van der Waals surface area (Å²) in [6.07, 6.45) is 1.61. The first-order valence-electron chi connectivity index (χ1n) is 3.26. The molecule has 12 heavy (non-hydrogen) atoms. The highest BCUT2D eigenvalue weighted by Crippen LogP contribution is 2.20. The molecule has 0 unspecified atom stereocenters. The van der Waals surface area contributed by atoms with Crippen LogP contribution in [0.5, 0.6) is 0 Å². The van der Waals surface area contributed by atoms with Crippen LogP contribution in [0.25, 0.3) is 0 Å². The number of halogens is 2. The van der Waals surface area contributed by atoms with Gasteiger partial charge in [0.1, 0.15) is 0 Å². The molecular formula is C8H7Cl2NS. The number of aromatic nitrogens is 1. The van der Waals surface area contributed by atoms with Crippen LogP contribution in [0.2, 0.25) is 5.02 Å². The summed E-state index contributed by atoms with van der Waals surface area (Å²) in [6.45, 7) is 3.58. The molecule has 0 aliphatic rings. The van der Waals surface area contributed by atoms with Crippen molar-refractivity contribution in [2.45, 2.75) is 5.03 Å². The smallest absolute Gasteiger partial charge is 0.0964 e. The van der Waals surface area contributed by atoms with Crippen molar-refractivity contribution in [2.24, 2.45) is 0 Å². The van der Waals surface area contributed by atoms with E-state index in [4.69, 9.17) is 23.2 Å². The number of pyridine rings is 1. The molecule has 0 saturated carbocycles. The fraction of sp³-hybridized carbons (Fsp3) is 0.125. The van der Waals surface area contributed by atoms with Gasteiger partial charge in [-0.2, -0.15) is 0 Å². The lowest BCUT2D eigenvalue weighted by Crippen LogP contribution is -1.81. The summed E-state index contributed by atoms with van der Waals surface area (Å²) < 4.78 is 0. The van der Waals surface area contributed by atoms with E-state index in [1.54, 1.807) is 12.3 Å². The summed E-state index contributed by atoms with van der Waals surface area (Å²) in [7, 11) is 0. The Bertz CT molecular complexity index is 271. The van der Waals surface area contributed by atoms with Crippen LogP contribution in [0.1, 0.15) is 0 Å². The second-order valence-corrected chi connectivity index (χ2v) is 4.09. The number of hydrogen-bond acceptors (Lipinski definition) is 2. The standard InChI is InChI=1S/C8H7Cl2NS/c1-6(9)5-12-8-3-2-7(10)4-11-8/h2-4H,1,5H2. The third-order valence-electron chi connectivity index (χ3n) is 1.08. The van der Waals surface area contributed by atoms with Crippen molar-refractivity contribution in [1.82, 2.24) is 4.98 Å². The number of rotatable bonds is 3. The summed E-state index contributed by atoms with van der Waals surface area (Å²) in [5.74, 6) is 0.677. The molecule has 0 amide bonds. The zero-order valence-corrected chi connectivity index (χ0v) is 8.59. The monoisotopic (exact) mass is 219 g/mol. The molecule has 1 heterocycles. The normalized spacial score (nSPS) is 9.83. The Morgan fingerprint density at radius 3 is 2.83 bits per heavy atom. The van der Waals surface area contributed by atoms with E-state index in [9.17, 15) is 0 Å². The van der Waals surface area contributed by atoms with Crippen LogP contribution in [-0.4, -0.2) is 10.7 Å². The van der Waals surface area contributed by atoms with Gasteiger partial charge in [0.25, 0.3) is 0 Å². The maximum atomic E-state index is 5.66. The summed E-state index contributed by atoms with van der Waals surface area (Å²) >= 11 is 12.8. The predicted molar refractivity (Wildman–Crippen MR) is 55.0 cm³/mol. The molecule has 0 radical (unpaired) electrons. The first kappa shape index (κ1) is 9.90. The molecule has 1 nitrogen and oxygen atoms in total. The minimum absolute atomic E-state index is 0.622. The van der Waals surface area contributed by atoms with Crippen LogP contribution in [0.15, 0.2) is 35.0 Å². The first-order valence-corrected chi connectivity index (χ1v) is 5.00. The second-order valence-electron chi connectivity index (χ2n) is 2.12. The lowest BCUT2D eigenvalue weighted by molar-refractivity contribution is 1.14.